The van der Waals surface area contributed by atoms with Crippen molar-refractivity contribution in [2.24, 2.45) is 5.73 Å². The normalized spacial score (nSPS) is 27.6. The second kappa shape index (κ2) is 8.63. The summed E-state index contributed by atoms with van der Waals surface area (Å²) in [5.41, 5.74) is 4.72. The van der Waals surface area contributed by atoms with E-state index >= 15 is 0 Å². The molecular formula is C19H31N3O3S. The van der Waals surface area contributed by atoms with Gasteiger partial charge in [0.05, 0.1) is 5.75 Å². The van der Waals surface area contributed by atoms with Crippen LogP contribution >= 0.6 is 11.8 Å². The Morgan fingerprint density at radius 2 is 1.65 bits per heavy atom. The second-order valence-corrected chi connectivity index (χ2v) is 8.98. The van der Waals surface area contributed by atoms with Crippen molar-refractivity contribution in [1.82, 2.24) is 10.2 Å². The van der Waals surface area contributed by atoms with Crippen LogP contribution in [0, 0.1) is 0 Å². The number of nitrogens with two attached hydrogens (primary N) is 1. The van der Waals surface area contributed by atoms with Crippen LogP contribution in [0.4, 0.5) is 0 Å². The minimum atomic E-state index is -0.911. The summed E-state index contributed by atoms with van der Waals surface area (Å²) >= 11 is 1.43. The van der Waals surface area contributed by atoms with Crippen molar-refractivity contribution in [3.63, 3.8) is 0 Å². The summed E-state index contributed by atoms with van der Waals surface area (Å²) in [7, 11) is 0. The molecule has 1 atom stereocenters. The van der Waals surface area contributed by atoms with Gasteiger partial charge in [-0.2, -0.15) is 0 Å². The van der Waals surface area contributed by atoms with Gasteiger partial charge in [-0.1, -0.05) is 44.9 Å². The van der Waals surface area contributed by atoms with Gasteiger partial charge in [-0.05, 0) is 25.7 Å². The van der Waals surface area contributed by atoms with E-state index in [1.54, 1.807) is 4.90 Å². The molecule has 2 aliphatic carbocycles. The Bertz CT molecular complexity index is 540. The predicted octanol–water partition coefficient (Wildman–Crippen LogP) is 1.96. The zero-order chi connectivity index (χ0) is 18.6. The Labute approximate surface area is 160 Å². The molecule has 3 aliphatic rings. The summed E-state index contributed by atoms with van der Waals surface area (Å²) < 4.78 is 0. The van der Waals surface area contributed by atoms with Crippen LogP contribution in [0.5, 0.6) is 0 Å². The van der Waals surface area contributed by atoms with Crippen LogP contribution in [-0.2, 0) is 14.4 Å². The molecule has 0 aromatic rings. The molecule has 0 aromatic carbocycles. The maximum Gasteiger partial charge on any atom is 0.246 e. The van der Waals surface area contributed by atoms with Gasteiger partial charge in [0.15, 0.2) is 0 Å². The first-order valence-electron chi connectivity index (χ1n) is 10.0. The Kier molecular flexibility index (Phi) is 6.48. The van der Waals surface area contributed by atoms with Crippen molar-refractivity contribution in [3.05, 3.63) is 0 Å². The Morgan fingerprint density at radius 3 is 2.27 bits per heavy atom. The zero-order valence-electron chi connectivity index (χ0n) is 15.5. The Hall–Kier alpha value is -1.24. The molecule has 3 N–H and O–H groups in total. The molecule has 7 heteroatoms. The number of nitrogens with one attached hydrogen (secondary N) is 1. The largest absolute Gasteiger partial charge is 0.368 e. The molecule has 146 valence electrons. The number of thioether (sulfide) groups is 1. The number of nitrogens with zero attached hydrogens (tertiary/aromatic N) is 1. The van der Waals surface area contributed by atoms with Gasteiger partial charge < -0.3 is 16.0 Å². The minimum Gasteiger partial charge on any atom is -0.368 e. The van der Waals surface area contributed by atoms with E-state index in [1.165, 1.54) is 18.2 Å². The summed E-state index contributed by atoms with van der Waals surface area (Å²) in [6, 6.07) is -0.492. The van der Waals surface area contributed by atoms with Crippen LogP contribution in [-0.4, -0.2) is 51.7 Å². The fourth-order valence-corrected chi connectivity index (χ4v) is 5.75. The van der Waals surface area contributed by atoms with Gasteiger partial charge in [-0.3, -0.25) is 14.4 Å². The number of hydrogen-bond acceptors (Lipinski definition) is 4. The lowest BCUT2D eigenvalue weighted by Gasteiger charge is -2.48. The number of primary amides is 1. The lowest BCUT2D eigenvalue weighted by atomic mass is 9.84. The third-order valence-corrected chi connectivity index (χ3v) is 7.17. The smallest absolute Gasteiger partial charge is 0.246 e. The lowest BCUT2D eigenvalue weighted by molar-refractivity contribution is -0.154. The Morgan fingerprint density at radius 1 is 1.04 bits per heavy atom. The maximum atomic E-state index is 13.5. The molecule has 0 spiro atoms. The fraction of sp³-hybridized carbons (Fsp3) is 0.842. The van der Waals surface area contributed by atoms with Crippen LogP contribution < -0.4 is 11.1 Å². The topological polar surface area (TPSA) is 92.5 Å². The molecular weight excluding hydrogens is 350 g/mol. The van der Waals surface area contributed by atoms with Crippen LogP contribution in [0.25, 0.3) is 0 Å². The molecule has 0 bridgehead atoms. The van der Waals surface area contributed by atoms with Gasteiger partial charge >= 0.3 is 0 Å². The van der Waals surface area contributed by atoms with Crippen LogP contribution in [0.3, 0.4) is 0 Å². The summed E-state index contributed by atoms with van der Waals surface area (Å²) in [6.45, 7) is 0. The van der Waals surface area contributed by atoms with Gasteiger partial charge in [-0.15, -0.1) is 11.8 Å². The van der Waals surface area contributed by atoms with Crippen molar-refractivity contribution in [3.8, 4) is 0 Å². The third kappa shape index (κ3) is 4.02. The van der Waals surface area contributed by atoms with Crippen molar-refractivity contribution in [2.45, 2.75) is 88.3 Å². The number of carbonyl (C=O) groups is 3. The summed E-state index contributed by atoms with van der Waals surface area (Å²) in [6.07, 6.45) is 10.7. The van der Waals surface area contributed by atoms with E-state index in [2.05, 4.69) is 5.32 Å². The highest BCUT2D eigenvalue weighted by atomic mass is 32.2. The highest BCUT2D eigenvalue weighted by Gasteiger charge is 2.51. The van der Waals surface area contributed by atoms with Crippen LogP contribution in [0.15, 0.2) is 0 Å². The molecule has 0 radical (unpaired) electrons. The molecule has 26 heavy (non-hydrogen) atoms. The molecule has 0 aromatic heterocycles. The standard InChI is InChI=1S/C19H31N3O3S/c20-17(24)15-12-26-13-16(23)22(15)19(10-6-1-2-7-11-19)18(25)21-14-8-4-3-5-9-14/h14-15H,1-13H2,(H2,20,24)(H,21,25)/t15-/m0/s1. The monoisotopic (exact) mass is 381 g/mol. The SMILES string of the molecule is NC(=O)[C@@H]1CSCC(=O)N1C1(C(=O)NC2CCCCC2)CCCCCC1. The molecule has 1 aliphatic heterocycles. The van der Waals surface area contributed by atoms with Crippen LogP contribution in [0.2, 0.25) is 0 Å². The maximum absolute atomic E-state index is 13.5. The van der Waals surface area contributed by atoms with Gasteiger partial charge in [-0.25, -0.2) is 0 Å². The first-order chi connectivity index (χ1) is 12.5. The molecule has 6 nitrogen and oxygen atoms in total. The summed E-state index contributed by atoms with van der Waals surface area (Å²) in [4.78, 5) is 40.0. The molecule has 1 heterocycles. The highest BCUT2D eigenvalue weighted by Crippen LogP contribution is 2.37. The lowest BCUT2D eigenvalue weighted by Crippen LogP contribution is -2.68. The third-order valence-electron chi connectivity index (χ3n) is 6.16. The van der Waals surface area contributed by atoms with E-state index in [4.69, 9.17) is 5.73 Å². The number of carbonyl (C=O) groups excluding carboxylic acids is 3. The molecule has 3 rings (SSSR count). The van der Waals surface area contributed by atoms with E-state index in [1.807, 2.05) is 0 Å². The van der Waals surface area contributed by atoms with Crippen LogP contribution in [0.1, 0.15) is 70.6 Å². The number of rotatable bonds is 4. The average Bonchev–Trinajstić information content (AvgIpc) is 2.89. The highest BCUT2D eigenvalue weighted by molar-refractivity contribution is 8.00. The number of hydrogen-bond donors (Lipinski definition) is 2. The van der Waals surface area contributed by atoms with Gasteiger partial charge in [0.1, 0.15) is 11.6 Å². The average molecular weight is 382 g/mol. The molecule has 3 amide bonds. The first kappa shape index (κ1) is 19.5. The first-order valence-corrected chi connectivity index (χ1v) is 11.2. The summed E-state index contributed by atoms with van der Waals surface area (Å²) in [5, 5.41) is 3.24. The van der Waals surface area contributed by atoms with Crippen molar-refractivity contribution < 1.29 is 14.4 Å². The molecule has 2 saturated carbocycles. The second-order valence-electron chi connectivity index (χ2n) is 7.95. The van der Waals surface area contributed by atoms with Crippen molar-refractivity contribution in [2.75, 3.05) is 11.5 Å². The van der Waals surface area contributed by atoms with E-state index in [0.717, 1.165) is 51.4 Å². The number of amides is 3. The Balaban J connectivity index is 1.90. The quantitative estimate of drug-likeness (QED) is 0.728. The molecule has 1 saturated heterocycles. The van der Waals surface area contributed by atoms with Gasteiger partial charge in [0.25, 0.3) is 0 Å². The zero-order valence-corrected chi connectivity index (χ0v) is 16.3. The molecule has 3 fully saturated rings. The molecule has 0 unspecified atom stereocenters. The van der Waals surface area contributed by atoms with E-state index in [-0.39, 0.29) is 17.9 Å². The van der Waals surface area contributed by atoms with Gasteiger partial charge in [0.2, 0.25) is 17.7 Å². The predicted molar refractivity (Wildman–Crippen MR) is 103 cm³/mol. The fourth-order valence-electron chi connectivity index (χ4n) is 4.78. The van der Waals surface area contributed by atoms with E-state index in [0.29, 0.717) is 24.3 Å². The van der Waals surface area contributed by atoms with Crippen molar-refractivity contribution >= 4 is 29.5 Å². The minimum absolute atomic E-state index is 0.0576. The van der Waals surface area contributed by atoms with E-state index in [9.17, 15) is 14.4 Å². The summed E-state index contributed by atoms with van der Waals surface area (Å²) in [5.74, 6) is 0.130. The van der Waals surface area contributed by atoms with E-state index < -0.39 is 17.5 Å². The van der Waals surface area contributed by atoms with Gasteiger partial charge in [0, 0.05) is 11.8 Å². The van der Waals surface area contributed by atoms with Crippen molar-refractivity contribution in [1.29, 1.82) is 0 Å².